The molecule has 1 amide bonds. The fourth-order valence-electron chi connectivity index (χ4n) is 2.78. The van der Waals surface area contributed by atoms with Crippen LogP contribution in [-0.2, 0) is 0 Å². The summed E-state index contributed by atoms with van der Waals surface area (Å²) >= 11 is 0. The smallest absolute Gasteiger partial charge is 0.276 e. The second-order valence-electron chi connectivity index (χ2n) is 5.28. The van der Waals surface area contributed by atoms with Crippen LogP contribution in [0.15, 0.2) is 34.9 Å². The SMILES string of the molecule is COc1ccccc1[C@H]1CNCCN1C(=O)c1cc(C)on1. The summed E-state index contributed by atoms with van der Waals surface area (Å²) in [5, 5.41) is 7.18. The number of aromatic nitrogens is 1. The van der Waals surface area contributed by atoms with E-state index in [-0.39, 0.29) is 11.9 Å². The molecule has 1 N–H and O–H groups in total. The molecule has 0 spiro atoms. The summed E-state index contributed by atoms with van der Waals surface area (Å²) in [4.78, 5) is 14.6. The van der Waals surface area contributed by atoms with Crippen molar-refractivity contribution in [2.24, 2.45) is 0 Å². The Hall–Kier alpha value is -2.34. The number of para-hydroxylation sites is 1. The van der Waals surface area contributed by atoms with Crippen molar-refractivity contribution < 1.29 is 14.1 Å². The van der Waals surface area contributed by atoms with E-state index in [0.29, 0.717) is 24.5 Å². The van der Waals surface area contributed by atoms with Gasteiger partial charge >= 0.3 is 0 Å². The summed E-state index contributed by atoms with van der Waals surface area (Å²) in [6.45, 7) is 3.84. The van der Waals surface area contributed by atoms with Gasteiger partial charge in [-0.05, 0) is 13.0 Å². The fourth-order valence-corrected chi connectivity index (χ4v) is 2.78. The zero-order chi connectivity index (χ0) is 15.5. The number of piperazine rings is 1. The summed E-state index contributed by atoms with van der Waals surface area (Å²) < 4.78 is 10.5. The molecule has 1 saturated heterocycles. The standard InChI is InChI=1S/C16H19N3O3/c1-11-9-13(18-22-11)16(20)19-8-7-17-10-14(19)12-5-3-4-6-15(12)21-2/h3-6,9,14,17H,7-8,10H2,1-2H3/t14-/m1/s1. The third kappa shape index (κ3) is 2.69. The highest BCUT2D eigenvalue weighted by molar-refractivity contribution is 5.92. The van der Waals surface area contributed by atoms with Crippen LogP contribution in [0.5, 0.6) is 5.75 Å². The van der Waals surface area contributed by atoms with Crippen LogP contribution >= 0.6 is 0 Å². The van der Waals surface area contributed by atoms with Crippen molar-refractivity contribution in [2.45, 2.75) is 13.0 Å². The van der Waals surface area contributed by atoms with Crippen LogP contribution in [0.4, 0.5) is 0 Å². The molecule has 2 aromatic rings. The lowest BCUT2D eigenvalue weighted by Crippen LogP contribution is -2.48. The van der Waals surface area contributed by atoms with E-state index >= 15 is 0 Å². The molecule has 0 radical (unpaired) electrons. The third-order valence-corrected chi connectivity index (χ3v) is 3.85. The first-order valence-electron chi connectivity index (χ1n) is 7.28. The molecule has 22 heavy (non-hydrogen) atoms. The first kappa shape index (κ1) is 14.6. The number of amides is 1. The lowest BCUT2D eigenvalue weighted by molar-refractivity contribution is 0.0621. The second-order valence-corrected chi connectivity index (χ2v) is 5.28. The van der Waals surface area contributed by atoms with E-state index < -0.39 is 0 Å². The molecule has 1 aromatic carbocycles. The Morgan fingerprint density at radius 3 is 3.00 bits per heavy atom. The van der Waals surface area contributed by atoms with Gasteiger partial charge in [-0.1, -0.05) is 23.4 Å². The number of nitrogens with zero attached hydrogens (tertiary/aromatic N) is 2. The number of hydrogen-bond acceptors (Lipinski definition) is 5. The summed E-state index contributed by atoms with van der Waals surface area (Å²) in [6.07, 6.45) is 0. The summed E-state index contributed by atoms with van der Waals surface area (Å²) in [6, 6.07) is 9.36. The highest BCUT2D eigenvalue weighted by Crippen LogP contribution is 2.31. The van der Waals surface area contributed by atoms with Gasteiger partial charge in [0.1, 0.15) is 11.5 Å². The first-order chi connectivity index (χ1) is 10.7. The summed E-state index contributed by atoms with van der Waals surface area (Å²) in [7, 11) is 1.64. The number of methoxy groups -OCH3 is 1. The number of benzene rings is 1. The number of carbonyl (C=O) groups is 1. The number of hydrogen-bond donors (Lipinski definition) is 1. The molecule has 1 aliphatic heterocycles. The van der Waals surface area contributed by atoms with E-state index in [2.05, 4.69) is 10.5 Å². The van der Waals surface area contributed by atoms with E-state index in [1.54, 1.807) is 20.1 Å². The Morgan fingerprint density at radius 1 is 1.45 bits per heavy atom. The van der Waals surface area contributed by atoms with Crippen molar-refractivity contribution in [3.8, 4) is 5.75 Å². The van der Waals surface area contributed by atoms with E-state index in [4.69, 9.17) is 9.26 Å². The number of aryl methyl sites for hydroxylation is 1. The predicted molar refractivity (Wildman–Crippen MR) is 80.9 cm³/mol. The van der Waals surface area contributed by atoms with Crippen LogP contribution < -0.4 is 10.1 Å². The third-order valence-electron chi connectivity index (χ3n) is 3.85. The van der Waals surface area contributed by atoms with Crippen LogP contribution in [0.1, 0.15) is 27.9 Å². The van der Waals surface area contributed by atoms with E-state index in [9.17, 15) is 4.79 Å². The van der Waals surface area contributed by atoms with Gasteiger partial charge in [0.05, 0.1) is 13.2 Å². The van der Waals surface area contributed by atoms with E-state index in [1.165, 1.54) is 0 Å². The van der Waals surface area contributed by atoms with Gasteiger partial charge < -0.3 is 19.5 Å². The molecular weight excluding hydrogens is 282 g/mol. The molecule has 2 heterocycles. The lowest BCUT2D eigenvalue weighted by Gasteiger charge is -2.36. The molecule has 6 nitrogen and oxygen atoms in total. The quantitative estimate of drug-likeness (QED) is 0.936. The molecule has 1 aliphatic rings. The maximum Gasteiger partial charge on any atom is 0.276 e. The van der Waals surface area contributed by atoms with Crippen molar-refractivity contribution >= 4 is 5.91 Å². The number of ether oxygens (including phenoxy) is 1. The van der Waals surface area contributed by atoms with Crippen molar-refractivity contribution in [1.29, 1.82) is 0 Å². The minimum Gasteiger partial charge on any atom is -0.496 e. The molecule has 0 bridgehead atoms. The van der Waals surface area contributed by atoms with Gasteiger partial charge in [-0.3, -0.25) is 4.79 Å². The maximum atomic E-state index is 12.7. The molecule has 0 unspecified atom stereocenters. The molecule has 3 rings (SSSR count). The monoisotopic (exact) mass is 301 g/mol. The van der Waals surface area contributed by atoms with Gasteiger partial charge in [0, 0.05) is 31.3 Å². The molecule has 0 saturated carbocycles. The predicted octanol–water partition coefficient (Wildman–Crippen LogP) is 1.78. The van der Waals surface area contributed by atoms with Gasteiger partial charge in [-0.15, -0.1) is 0 Å². The molecule has 0 aliphatic carbocycles. The number of nitrogens with one attached hydrogen (secondary N) is 1. The molecule has 1 atom stereocenters. The summed E-state index contributed by atoms with van der Waals surface area (Å²) in [5.74, 6) is 1.30. The van der Waals surface area contributed by atoms with Gasteiger partial charge in [-0.2, -0.15) is 0 Å². The average molecular weight is 301 g/mol. The highest BCUT2D eigenvalue weighted by atomic mass is 16.5. The average Bonchev–Trinajstić information content (AvgIpc) is 3.00. The minimum atomic E-state index is -0.116. The van der Waals surface area contributed by atoms with E-state index in [1.807, 2.05) is 29.2 Å². The zero-order valence-corrected chi connectivity index (χ0v) is 12.7. The van der Waals surface area contributed by atoms with Crippen LogP contribution in [0.3, 0.4) is 0 Å². The van der Waals surface area contributed by atoms with Crippen LogP contribution in [0.2, 0.25) is 0 Å². The Balaban J connectivity index is 1.93. The Labute approximate surface area is 129 Å². The van der Waals surface area contributed by atoms with Gasteiger partial charge in [0.25, 0.3) is 5.91 Å². The number of carbonyl (C=O) groups excluding carboxylic acids is 1. The normalized spacial score (nSPS) is 18.3. The fraction of sp³-hybridized carbons (Fsp3) is 0.375. The Bertz CT molecular complexity index is 668. The molecule has 6 heteroatoms. The first-order valence-corrected chi connectivity index (χ1v) is 7.28. The molecule has 116 valence electrons. The minimum absolute atomic E-state index is 0.0885. The van der Waals surface area contributed by atoms with Crippen molar-refractivity contribution in [2.75, 3.05) is 26.7 Å². The zero-order valence-electron chi connectivity index (χ0n) is 12.7. The largest absolute Gasteiger partial charge is 0.496 e. The molecular formula is C16H19N3O3. The van der Waals surface area contributed by atoms with Gasteiger partial charge in [0.2, 0.25) is 0 Å². The van der Waals surface area contributed by atoms with Crippen LogP contribution in [0, 0.1) is 6.92 Å². The molecule has 1 fully saturated rings. The van der Waals surface area contributed by atoms with E-state index in [0.717, 1.165) is 17.9 Å². The van der Waals surface area contributed by atoms with Gasteiger partial charge in [-0.25, -0.2) is 0 Å². The van der Waals surface area contributed by atoms with Crippen molar-refractivity contribution in [3.05, 3.63) is 47.3 Å². The highest BCUT2D eigenvalue weighted by Gasteiger charge is 2.31. The topological polar surface area (TPSA) is 67.6 Å². The van der Waals surface area contributed by atoms with Crippen LogP contribution in [-0.4, -0.2) is 42.7 Å². The number of rotatable bonds is 3. The molecule has 1 aromatic heterocycles. The second kappa shape index (κ2) is 6.19. The Kier molecular flexibility index (Phi) is 4.11. The lowest BCUT2D eigenvalue weighted by atomic mass is 10.0. The maximum absolute atomic E-state index is 12.7. The van der Waals surface area contributed by atoms with Crippen molar-refractivity contribution in [3.63, 3.8) is 0 Å². The Morgan fingerprint density at radius 2 is 2.27 bits per heavy atom. The summed E-state index contributed by atoms with van der Waals surface area (Å²) in [5.41, 5.74) is 1.34. The van der Waals surface area contributed by atoms with Gasteiger partial charge in [0.15, 0.2) is 5.69 Å². The van der Waals surface area contributed by atoms with Crippen LogP contribution in [0.25, 0.3) is 0 Å². The van der Waals surface area contributed by atoms with Crippen molar-refractivity contribution in [1.82, 2.24) is 15.4 Å².